The van der Waals surface area contributed by atoms with Crippen molar-refractivity contribution < 1.29 is 24.2 Å². The summed E-state index contributed by atoms with van der Waals surface area (Å²) in [7, 11) is 0. The van der Waals surface area contributed by atoms with E-state index in [1.54, 1.807) is 6.92 Å². The van der Waals surface area contributed by atoms with Crippen molar-refractivity contribution in [2.45, 2.75) is 64.5 Å². The first-order valence-electron chi connectivity index (χ1n) is 11.9. The smallest absolute Gasteiger partial charge is 0.407 e. The molecule has 7 nitrogen and oxygen atoms in total. The number of hydrogen-bond donors (Lipinski definition) is 3. The first kappa shape index (κ1) is 25.3. The molecule has 0 aliphatic heterocycles. The summed E-state index contributed by atoms with van der Waals surface area (Å²) < 4.78 is 5.54. The Morgan fingerprint density at radius 1 is 0.971 bits per heavy atom. The van der Waals surface area contributed by atoms with Crippen LogP contribution in [0.1, 0.15) is 63.5 Å². The van der Waals surface area contributed by atoms with Crippen LogP contribution < -0.4 is 10.6 Å². The zero-order chi connectivity index (χ0) is 24.7. The molecule has 34 heavy (non-hydrogen) atoms. The Kier molecular flexibility index (Phi) is 8.68. The maximum atomic E-state index is 12.4. The highest BCUT2D eigenvalue weighted by Gasteiger charge is 2.29. The summed E-state index contributed by atoms with van der Waals surface area (Å²) in [6.07, 6.45) is 1.21. The first-order chi connectivity index (χ1) is 16.3. The molecule has 182 valence electrons. The van der Waals surface area contributed by atoms with Crippen LogP contribution in [0.25, 0.3) is 11.1 Å². The summed E-state index contributed by atoms with van der Waals surface area (Å²) in [4.78, 5) is 36.0. The molecular weight excluding hydrogens is 432 g/mol. The highest BCUT2D eigenvalue weighted by molar-refractivity contribution is 5.83. The maximum Gasteiger partial charge on any atom is 0.407 e. The summed E-state index contributed by atoms with van der Waals surface area (Å²) >= 11 is 0. The second kappa shape index (κ2) is 11.7. The molecule has 0 fully saturated rings. The van der Waals surface area contributed by atoms with Gasteiger partial charge in [-0.25, -0.2) is 9.59 Å². The summed E-state index contributed by atoms with van der Waals surface area (Å²) in [6, 6.07) is 15.1. The van der Waals surface area contributed by atoms with Gasteiger partial charge in [-0.15, -0.1) is 0 Å². The van der Waals surface area contributed by atoms with Gasteiger partial charge in [0.25, 0.3) is 0 Å². The van der Waals surface area contributed by atoms with E-state index in [-0.39, 0.29) is 36.8 Å². The normalized spacial score (nSPS) is 14.9. The highest BCUT2D eigenvalue weighted by Crippen LogP contribution is 2.44. The third-order valence-corrected chi connectivity index (χ3v) is 6.48. The lowest BCUT2D eigenvalue weighted by atomic mass is 9.98. The average molecular weight is 467 g/mol. The molecule has 3 unspecified atom stereocenters. The van der Waals surface area contributed by atoms with E-state index in [0.717, 1.165) is 17.5 Å². The van der Waals surface area contributed by atoms with Crippen LogP contribution >= 0.6 is 0 Å². The standard InChI is InChI=1S/C27H34N2O5/c1-4-17(2)15-24(26(31)32)29-25(30)14-13-18(3)28-27(33)34-16-23-21-11-7-5-9-19(21)20-10-6-8-12-22(20)23/h5-12,17-18,23-24H,4,13-16H2,1-3H3,(H,28,33)(H,29,30)(H,31,32). The Balaban J connectivity index is 1.46. The molecule has 2 amide bonds. The fourth-order valence-electron chi connectivity index (χ4n) is 4.32. The first-order valence-corrected chi connectivity index (χ1v) is 11.9. The highest BCUT2D eigenvalue weighted by atomic mass is 16.5. The van der Waals surface area contributed by atoms with Crippen LogP contribution in [0.4, 0.5) is 4.79 Å². The van der Waals surface area contributed by atoms with Crippen LogP contribution in [0.3, 0.4) is 0 Å². The van der Waals surface area contributed by atoms with E-state index in [1.807, 2.05) is 38.1 Å². The number of alkyl carbamates (subject to hydrolysis) is 1. The topological polar surface area (TPSA) is 105 Å². The van der Waals surface area contributed by atoms with E-state index < -0.39 is 18.1 Å². The molecule has 3 rings (SSSR count). The van der Waals surface area contributed by atoms with Crippen molar-refractivity contribution in [1.82, 2.24) is 10.6 Å². The number of ether oxygens (including phenoxy) is 1. The minimum atomic E-state index is -1.03. The number of rotatable bonds is 11. The van der Waals surface area contributed by atoms with Crippen molar-refractivity contribution in [3.05, 3.63) is 59.7 Å². The monoisotopic (exact) mass is 466 g/mol. The van der Waals surface area contributed by atoms with E-state index in [4.69, 9.17) is 4.74 Å². The maximum absolute atomic E-state index is 12.4. The molecule has 0 radical (unpaired) electrons. The van der Waals surface area contributed by atoms with Crippen molar-refractivity contribution in [1.29, 1.82) is 0 Å². The number of carboxylic acid groups (broad SMARTS) is 1. The van der Waals surface area contributed by atoms with Crippen molar-refractivity contribution in [3.8, 4) is 11.1 Å². The molecule has 0 spiro atoms. The van der Waals surface area contributed by atoms with E-state index in [9.17, 15) is 19.5 Å². The van der Waals surface area contributed by atoms with Crippen molar-refractivity contribution in [2.24, 2.45) is 5.92 Å². The van der Waals surface area contributed by atoms with Gasteiger partial charge in [0.2, 0.25) is 5.91 Å². The van der Waals surface area contributed by atoms with Gasteiger partial charge >= 0.3 is 12.1 Å². The molecular formula is C27H34N2O5. The number of carbonyl (C=O) groups excluding carboxylic acids is 2. The van der Waals surface area contributed by atoms with Gasteiger partial charge in [-0.1, -0.05) is 68.8 Å². The van der Waals surface area contributed by atoms with Crippen LogP contribution in [0.2, 0.25) is 0 Å². The number of hydrogen-bond acceptors (Lipinski definition) is 4. The fraction of sp³-hybridized carbons (Fsp3) is 0.444. The zero-order valence-electron chi connectivity index (χ0n) is 20.0. The third kappa shape index (κ3) is 6.37. The van der Waals surface area contributed by atoms with Crippen LogP contribution in [-0.2, 0) is 14.3 Å². The van der Waals surface area contributed by atoms with Crippen molar-refractivity contribution >= 4 is 18.0 Å². The van der Waals surface area contributed by atoms with Crippen molar-refractivity contribution in [2.75, 3.05) is 6.61 Å². The molecule has 0 bridgehead atoms. The Morgan fingerprint density at radius 2 is 1.56 bits per heavy atom. The lowest BCUT2D eigenvalue weighted by molar-refractivity contribution is -0.142. The number of carboxylic acids is 1. The van der Waals surface area contributed by atoms with Gasteiger partial charge in [-0.3, -0.25) is 4.79 Å². The molecule has 3 atom stereocenters. The van der Waals surface area contributed by atoms with E-state index in [2.05, 4.69) is 34.9 Å². The Hall–Kier alpha value is -3.35. The number of fused-ring (bicyclic) bond motifs is 3. The Labute approximate surface area is 200 Å². The molecule has 1 aliphatic carbocycles. The number of benzene rings is 2. The molecule has 2 aromatic rings. The minimum absolute atomic E-state index is 0.0160. The predicted molar refractivity (Wildman–Crippen MR) is 131 cm³/mol. The molecule has 0 aromatic heterocycles. The lowest BCUT2D eigenvalue weighted by Gasteiger charge is -2.19. The molecule has 0 saturated heterocycles. The van der Waals surface area contributed by atoms with Gasteiger partial charge in [0.05, 0.1) is 0 Å². The van der Waals surface area contributed by atoms with E-state index in [0.29, 0.717) is 12.8 Å². The molecule has 7 heteroatoms. The van der Waals surface area contributed by atoms with Crippen molar-refractivity contribution in [3.63, 3.8) is 0 Å². The van der Waals surface area contributed by atoms with Gasteiger partial charge in [-0.05, 0) is 47.9 Å². The largest absolute Gasteiger partial charge is 0.480 e. The molecule has 1 aliphatic rings. The SMILES string of the molecule is CCC(C)CC(NC(=O)CCC(C)NC(=O)OCC1c2ccccc2-c2ccccc21)C(=O)O. The molecule has 0 heterocycles. The average Bonchev–Trinajstić information content (AvgIpc) is 3.14. The van der Waals surface area contributed by atoms with Gasteiger partial charge in [0, 0.05) is 18.4 Å². The Morgan fingerprint density at radius 3 is 2.12 bits per heavy atom. The van der Waals surface area contributed by atoms with E-state index in [1.165, 1.54) is 11.1 Å². The fourth-order valence-corrected chi connectivity index (χ4v) is 4.32. The predicted octanol–water partition coefficient (Wildman–Crippen LogP) is 4.70. The number of amides is 2. The van der Waals surface area contributed by atoms with Gasteiger partial charge < -0.3 is 20.5 Å². The third-order valence-electron chi connectivity index (χ3n) is 6.48. The lowest BCUT2D eigenvalue weighted by Crippen LogP contribution is -2.42. The quantitative estimate of drug-likeness (QED) is 0.445. The number of nitrogens with one attached hydrogen (secondary N) is 2. The van der Waals surface area contributed by atoms with E-state index >= 15 is 0 Å². The second-order valence-corrected chi connectivity index (χ2v) is 9.12. The zero-order valence-corrected chi connectivity index (χ0v) is 20.0. The summed E-state index contributed by atoms with van der Waals surface area (Å²) in [5.74, 6) is -1.18. The van der Waals surface area contributed by atoms with Crippen LogP contribution in [0.5, 0.6) is 0 Å². The molecule has 2 aromatic carbocycles. The van der Waals surface area contributed by atoms with Crippen LogP contribution in [0.15, 0.2) is 48.5 Å². The Bertz CT molecular complexity index is 976. The van der Waals surface area contributed by atoms with Crippen LogP contribution in [-0.4, -0.2) is 41.8 Å². The minimum Gasteiger partial charge on any atom is -0.480 e. The molecule has 3 N–H and O–H groups in total. The summed E-state index contributed by atoms with van der Waals surface area (Å²) in [5, 5.41) is 14.7. The van der Waals surface area contributed by atoms with Gasteiger partial charge in [0.1, 0.15) is 12.6 Å². The second-order valence-electron chi connectivity index (χ2n) is 9.12. The van der Waals surface area contributed by atoms with Crippen LogP contribution in [0, 0.1) is 5.92 Å². The number of carbonyl (C=O) groups is 3. The van der Waals surface area contributed by atoms with Gasteiger partial charge in [0.15, 0.2) is 0 Å². The molecule has 0 saturated carbocycles. The summed E-state index contributed by atoms with van der Waals surface area (Å²) in [6.45, 7) is 5.97. The summed E-state index contributed by atoms with van der Waals surface area (Å²) in [5.41, 5.74) is 4.62. The number of aliphatic carboxylic acids is 1. The van der Waals surface area contributed by atoms with Gasteiger partial charge in [-0.2, -0.15) is 0 Å².